The molecule has 0 saturated carbocycles. The maximum atomic E-state index is 12.2. The van der Waals surface area contributed by atoms with Gasteiger partial charge in [0.25, 0.3) is 0 Å². The summed E-state index contributed by atoms with van der Waals surface area (Å²) in [5, 5.41) is 0. The van der Waals surface area contributed by atoms with Crippen molar-refractivity contribution in [2.24, 2.45) is 11.8 Å². The molecule has 3 atom stereocenters. The van der Waals surface area contributed by atoms with Gasteiger partial charge >= 0.3 is 12.1 Å². The molecule has 5 nitrogen and oxygen atoms in total. The van der Waals surface area contributed by atoms with Gasteiger partial charge in [0.15, 0.2) is 0 Å². The van der Waals surface area contributed by atoms with E-state index < -0.39 is 5.60 Å². The van der Waals surface area contributed by atoms with Gasteiger partial charge in [0.2, 0.25) is 0 Å². The summed E-state index contributed by atoms with van der Waals surface area (Å²) >= 11 is 0. The number of hydrogen-bond donors (Lipinski definition) is 0. The van der Waals surface area contributed by atoms with Gasteiger partial charge in [-0.25, -0.2) is 4.79 Å². The number of carbonyl (C=O) groups excluding carboxylic acids is 2. The van der Waals surface area contributed by atoms with Crippen molar-refractivity contribution in [2.75, 3.05) is 13.2 Å². The van der Waals surface area contributed by atoms with E-state index in [1.807, 2.05) is 41.5 Å². The fourth-order valence-electron chi connectivity index (χ4n) is 2.52. The fraction of sp³-hybridized carbons (Fsp3) is 0.867. The van der Waals surface area contributed by atoms with E-state index >= 15 is 0 Å². The largest absolute Gasteiger partial charge is 0.466 e. The van der Waals surface area contributed by atoms with Crippen LogP contribution in [0, 0.1) is 11.8 Å². The summed E-state index contributed by atoms with van der Waals surface area (Å²) in [6.45, 7) is 12.2. The smallest absolute Gasteiger partial charge is 0.410 e. The number of nitrogens with zero attached hydrogens (tertiary/aromatic N) is 1. The van der Waals surface area contributed by atoms with Gasteiger partial charge in [-0.1, -0.05) is 6.92 Å². The highest BCUT2D eigenvalue weighted by Crippen LogP contribution is 2.30. The Morgan fingerprint density at radius 1 is 1.25 bits per heavy atom. The molecule has 20 heavy (non-hydrogen) atoms. The van der Waals surface area contributed by atoms with Crippen molar-refractivity contribution < 1.29 is 19.1 Å². The Kier molecular flexibility index (Phi) is 5.42. The van der Waals surface area contributed by atoms with E-state index in [1.54, 1.807) is 4.90 Å². The highest BCUT2D eigenvalue weighted by atomic mass is 16.6. The predicted octanol–water partition coefficient (Wildman–Crippen LogP) is 2.83. The molecule has 1 rings (SSSR count). The number of rotatable bonds is 2. The second kappa shape index (κ2) is 6.46. The number of ether oxygens (including phenoxy) is 2. The zero-order valence-corrected chi connectivity index (χ0v) is 13.4. The van der Waals surface area contributed by atoms with Gasteiger partial charge < -0.3 is 14.4 Å². The molecule has 5 heteroatoms. The Morgan fingerprint density at radius 2 is 1.85 bits per heavy atom. The summed E-state index contributed by atoms with van der Waals surface area (Å²) in [7, 11) is 0. The van der Waals surface area contributed by atoms with Crippen LogP contribution in [-0.4, -0.2) is 41.8 Å². The van der Waals surface area contributed by atoms with Crippen molar-refractivity contribution in [2.45, 2.75) is 59.6 Å². The van der Waals surface area contributed by atoms with Crippen LogP contribution in [0.5, 0.6) is 0 Å². The zero-order chi connectivity index (χ0) is 15.5. The van der Waals surface area contributed by atoms with Gasteiger partial charge in [0.05, 0.1) is 12.5 Å². The molecule has 0 aromatic rings. The van der Waals surface area contributed by atoms with Crippen LogP contribution in [0.15, 0.2) is 0 Å². The van der Waals surface area contributed by atoms with Gasteiger partial charge in [-0.2, -0.15) is 0 Å². The highest BCUT2D eigenvalue weighted by Gasteiger charge is 2.40. The summed E-state index contributed by atoms with van der Waals surface area (Å²) in [6.07, 6.45) is 0.322. The molecule has 1 heterocycles. The van der Waals surface area contributed by atoms with Crippen molar-refractivity contribution in [1.29, 1.82) is 0 Å². The topological polar surface area (TPSA) is 55.8 Å². The number of hydrogen-bond acceptors (Lipinski definition) is 4. The number of likely N-dealkylation sites (tertiary alicyclic amines) is 1. The Labute approximate surface area is 121 Å². The van der Waals surface area contributed by atoms with Crippen LogP contribution in [0.2, 0.25) is 0 Å². The third-order valence-corrected chi connectivity index (χ3v) is 3.79. The van der Waals surface area contributed by atoms with E-state index in [0.717, 1.165) is 0 Å². The fourth-order valence-corrected chi connectivity index (χ4v) is 2.52. The molecule has 0 spiro atoms. The number of piperidine rings is 1. The van der Waals surface area contributed by atoms with Gasteiger partial charge in [-0.3, -0.25) is 4.79 Å². The molecule has 3 unspecified atom stereocenters. The lowest BCUT2D eigenvalue weighted by atomic mass is 9.81. The van der Waals surface area contributed by atoms with Crippen molar-refractivity contribution >= 4 is 12.1 Å². The number of esters is 1. The Hall–Kier alpha value is -1.26. The maximum absolute atomic E-state index is 12.2. The molecule has 1 fully saturated rings. The van der Waals surface area contributed by atoms with Crippen LogP contribution in [0.25, 0.3) is 0 Å². The molecule has 0 N–H and O–H groups in total. The minimum absolute atomic E-state index is 0.0343. The van der Waals surface area contributed by atoms with Crippen molar-refractivity contribution in [3.8, 4) is 0 Å². The molecule has 116 valence electrons. The third kappa shape index (κ3) is 4.12. The first-order valence-corrected chi connectivity index (χ1v) is 7.33. The Morgan fingerprint density at radius 3 is 2.35 bits per heavy atom. The summed E-state index contributed by atoms with van der Waals surface area (Å²) in [4.78, 5) is 25.8. The van der Waals surface area contributed by atoms with Crippen molar-refractivity contribution in [3.05, 3.63) is 0 Å². The molecule has 0 radical (unpaired) electrons. The van der Waals surface area contributed by atoms with Crippen molar-refractivity contribution in [3.63, 3.8) is 0 Å². The van der Waals surface area contributed by atoms with E-state index in [2.05, 4.69) is 0 Å². The van der Waals surface area contributed by atoms with Gasteiger partial charge in [0, 0.05) is 12.6 Å². The second-order valence-corrected chi connectivity index (χ2v) is 6.42. The van der Waals surface area contributed by atoms with Crippen LogP contribution in [0.1, 0.15) is 48.0 Å². The molecule has 0 aliphatic carbocycles. The minimum atomic E-state index is -0.502. The first-order chi connectivity index (χ1) is 9.17. The van der Waals surface area contributed by atoms with Gasteiger partial charge in [0.1, 0.15) is 5.60 Å². The summed E-state index contributed by atoms with van der Waals surface area (Å²) < 4.78 is 10.5. The molecular weight excluding hydrogens is 258 g/mol. The first-order valence-electron chi connectivity index (χ1n) is 7.33. The van der Waals surface area contributed by atoms with Gasteiger partial charge in [-0.15, -0.1) is 0 Å². The minimum Gasteiger partial charge on any atom is -0.466 e. The molecule has 1 saturated heterocycles. The summed E-state index contributed by atoms with van der Waals surface area (Å²) in [5.74, 6) is -0.227. The molecule has 0 aromatic heterocycles. The van der Waals surface area contributed by atoms with Crippen LogP contribution in [-0.2, 0) is 14.3 Å². The summed E-state index contributed by atoms with van der Waals surface area (Å²) in [6, 6.07) is -0.0343. The molecule has 1 amide bonds. The number of carbonyl (C=O) groups is 2. The maximum Gasteiger partial charge on any atom is 0.410 e. The zero-order valence-electron chi connectivity index (χ0n) is 13.4. The molecule has 0 bridgehead atoms. The Bertz CT molecular complexity index is 361. The van der Waals surface area contributed by atoms with Crippen LogP contribution in [0.4, 0.5) is 4.79 Å². The average Bonchev–Trinajstić information content (AvgIpc) is 2.30. The standard InChI is InChI=1S/C15H27NO4/c1-7-19-13(17)12-8-9-16(11(3)10(12)2)14(18)20-15(4,5)6/h10-12H,7-9H2,1-6H3. The second-order valence-electron chi connectivity index (χ2n) is 6.42. The quantitative estimate of drug-likeness (QED) is 0.732. The number of amides is 1. The van der Waals surface area contributed by atoms with E-state index in [1.165, 1.54) is 0 Å². The SMILES string of the molecule is CCOC(=O)C1CCN(C(=O)OC(C)(C)C)C(C)C1C. The van der Waals surface area contributed by atoms with Crippen LogP contribution < -0.4 is 0 Å². The van der Waals surface area contributed by atoms with Gasteiger partial charge in [-0.05, 0) is 47.0 Å². The predicted molar refractivity (Wildman–Crippen MR) is 76.3 cm³/mol. The van der Waals surface area contributed by atoms with Crippen molar-refractivity contribution in [1.82, 2.24) is 4.90 Å². The van der Waals surface area contributed by atoms with Crippen LogP contribution in [0.3, 0.4) is 0 Å². The molecule has 0 aromatic carbocycles. The lowest BCUT2D eigenvalue weighted by Crippen LogP contribution is -2.52. The highest BCUT2D eigenvalue weighted by molar-refractivity contribution is 5.74. The molecule has 1 aliphatic heterocycles. The monoisotopic (exact) mass is 285 g/mol. The van der Waals surface area contributed by atoms with E-state index in [0.29, 0.717) is 19.6 Å². The Balaban J connectivity index is 2.69. The lowest BCUT2D eigenvalue weighted by Gasteiger charge is -2.41. The normalized spacial score (nSPS) is 27.1. The average molecular weight is 285 g/mol. The summed E-state index contributed by atoms with van der Waals surface area (Å²) in [5.41, 5.74) is -0.502. The molecule has 1 aliphatic rings. The first kappa shape index (κ1) is 16.8. The van der Waals surface area contributed by atoms with E-state index in [4.69, 9.17) is 9.47 Å². The molecular formula is C15H27NO4. The van der Waals surface area contributed by atoms with E-state index in [9.17, 15) is 9.59 Å². The van der Waals surface area contributed by atoms with Crippen LogP contribution >= 0.6 is 0 Å². The van der Waals surface area contributed by atoms with E-state index in [-0.39, 0.29) is 29.9 Å². The lowest BCUT2D eigenvalue weighted by molar-refractivity contribution is -0.153. The third-order valence-electron chi connectivity index (χ3n) is 3.79.